The summed E-state index contributed by atoms with van der Waals surface area (Å²) in [6, 6.07) is 16.1. The van der Waals surface area contributed by atoms with Gasteiger partial charge in [0.25, 0.3) is 0 Å². The second-order valence-corrected chi connectivity index (χ2v) is 11.2. The Bertz CT molecular complexity index is 1340. The minimum absolute atomic E-state index is 0.226. The quantitative estimate of drug-likeness (QED) is 0.208. The Morgan fingerprint density at radius 1 is 0.952 bits per heavy atom. The number of hydrogen-bond acceptors (Lipinski definition) is 4. The van der Waals surface area contributed by atoms with Gasteiger partial charge in [-0.1, -0.05) is 37.1 Å². The van der Waals surface area contributed by atoms with Crippen LogP contribution in [0.2, 0.25) is 0 Å². The SMILES string of the molecule is CN(c1ccncc1)c1ccc(CN(C(=O)/C=C/c2ccc(C(F)(F)F)cc2)[C@H]2CCN(C3CCCC3)C[C@H]2F)cc1. The molecule has 9 heteroatoms. The molecule has 5 rings (SSSR count). The number of anilines is 2. The first-order valence-electron chi connectivity index (χ1n) is 14.5. The molecule has 2 heterocycles. The average molecular weight is 581 g/mol. The maximum Gasteiger partial charge on any atom is 0.416 e. The van der Waals surface area contributed by atoms with Crippen molar-refractivity contribution in [3.05, 3.63) is 95.8 Å². The number of hydrogen-bond donors (Lipinski definition) is 0. The van der Waals surface area contributed by atoms with E-state index in [0.717, 1.165) is 48.5 Å². The van der Waals surface area contributed by atoms with E-state index in [1.807, 2.05) is 48.3 Å². The van der Waals surface area contributed by atoms with Crippen molar-refractivity contribution in [2.75, 3.05) is 25.0 Å². The van der Waals surface area contributed by atoms with Gasteiger partial charge in [-0.15, -0.1) is 0 Å². The van der Waals surface area contributed by atoms with Gasteiger partial charge in [-0.3, -0.25) is 14.7 Å². The second kappa shape index (κ2) is 13.1. The summed E-state index contributed by atoms with van der Waals surface area (Å²) in [5.74, 6) is -0.366. The Labute approximate surface area is 244 Å². The Morgan fingerprint density at radius 2 is 1.60 bits per heavy atom. The highest BCUT2D eigenvalue weighted by atomic mass is 19.4. The van der Waals surface area contributed by atoms with Gasteiger partial charge in [-0.2, -0.15) is 13.2 Å². The number of carbonyl (C=O) groups is 1. The minimum atomic E-state index is -4.43. The van der Waals surface area contributed by atoms with Gasteiger partial charge in [-0.05, 0) is 72.9 Å². The van der Waals surface area contributed by atoms with Crippen molar-refractivity contribution < 1.29 is 22.4 Å². The number of halogens is 4. The molecule has 0 bridgehead atoms. The number of likely N-dealkylation sites (tertiary alicyclic amines) is 1. The Kier molecular flexibility index (Phi) is 9.26. The molecule has 1 aliphatic heterocycles. The highest BCUT2D eigenvalue weighted by Gasteiger charge is 2.38. The first-order chi connectivity index (χ1) is 20.2. The maximum atomic E-state index is 15.8. The van der Waals surface area contributed by atoms with Crippen molar-refractivity contribution in [3.63, 3.8) is 0 Å². The molecule has 0 N–H and O–H groups in total. The van der Waals surface area contributed by atoms with Gasteiger partial charge in [0.15, 0.2) is 0 Å². The molecule has 2 atom stereocenters. The summed E-state index contributed by atoms with van der Waals surface area (Å²) >= 11 is 0. The molecule has 2 fully saturated rings. The molecule has 5 nitrogen and oxygen atoms in total. The minimum Gasteiger partial charge on any atom is -0.345 e. The number of benzene rings is 2. The number of carbonyl (C=O) groups excluding carboxylic acids is 1. The van der Waals surface area contributed by atoms with Crippen LogP contribution < -0.4 is 4.90 Å². The summed E-state index contributed by atoms with van der Waals surface area (Å²) < 4.78 is 54.6. The van der Waals surface area contributed by atoms with E-state index in [1.54, 1.807) is 17.3 Å². The smallest absolute Gasteiger partial charge is 0.345 e. The molecule has 1 saturated carbocycles. The number of piperidine rings is 1. The fourth-order valence-corrected chi connectivity index (χ4v) is 6.01. The molecule has 42 heavy (non-hydrogen) atoms. The lowest BCUT2D eigenvalue weighted by Crippen LogP contribution is -2.55. The lowest BCUT2D eigenvalue weighted by atomic mass is 9.98. The highest BCUT2D eigenvalue weighted by Crippen LogP contribution is 2.31. The van der Waals surface area contributed by atoms with E-state index in [1.165, 1.54) is 37.1 Å². The summed E-state index contributed by atoms with van der Waals surface area (Å²) in [5.41, 5.74) is 2.52. The van der Waals surface area contributed by atoms with E-state index in [2.05, 4.69) is 9.88 Å². The van der Waals surface area contributed by atoms with E-state index < -0.39 is 24.0 Å². The van der Waals surface area contributed by atoms with Crippen molar-refractivity contribution in [3.8, 4) is 0 Å². The second-order valence-electron chi connectivity index (χ2n) is 11.2. The standard InChI is InChI=1S/C33H36F4N4O/c1-39(28-16-19-38-20-17-28)27-13-8-25(9-14-27)22-41(31-18-21-40(23-30(31)34)29-4-2-3-5-29)32(42)15-10-24-6-11-26(12-7-24)33(35,36)37/h6-17,19-20,29-31H,2-5,18,21-23H2,1H3/b15-10+/t30-,31+/m1/s1. The van der Waals surface area contributed by atoms with E-state index in [-0.39, 0.29) is 12.5 Å². The number of pyridine rings is 1. The Hall–Kier alpha value is -3.72. The molecule has 0 spiro atoms. The molecule has 0 unspecified atom stereocenters. The van der Waals surface area contributed by atoms with Crippen molar-refractivity contribution in [1.29, 1.82) is 0 Å². The monoisotopic (exact) mass is 580 g/mol. The molecule has 2 aromatic carbocycles. The number of nitrogens with zero attached hydrogens (tertiary/aromatic N) is 4. The van der Waals surface area contributed by atoms with Crippen molar-refractivity contribution in [2.24, 2.45) is 0 Å². The third-order valence-electron chi connectivity index (χ3n) is 8.45. The van der Waals surface area contributed by atoms with Crippen LogP contribution in [0.1, 0.15) is 48.8 Å². The van der Waals surface area contributed by atoms with Gasteiger partial charge in [0.1, 0.15) is 6.17 Å². The van der Waals surface area contributed by atoms with Gasteiger partial charge in [-0.25, -0.2) is 4.39 Å². The third kappa shape index (κ3) is 7.18. The van der Waals surface area contributed by atoms with Crippen LogP contribution in [0.3, 0.4) is 0 Å². The number of amides is 1. The first-order valence-corrected chi connectivity index (χ1v) is 14.5. The molecule has 3 aromatic rings. The third-order valence-corrected chi connectivity index (χ3v) is 8.45. The zero-order chi connectivity index (χ0) is 29.7. The summed E-state index contributed by atoms with van der Waals surface area (Å²) in [6.45, 7) is 1.26. The summed E-state index contributed by atoms with van der Waals surface area (Å²) in [4.78, 5) is 23.5. The van der Waals surface area contributed by atoms with Crippen molar-refractivity contribution in [1.82, 2.24) is 14.8 Å². The van der Waals surface area contributed by atoms with Crippen LogP contribution in [0.25, 0.3) is 6.08 Å². The van der Waals surface area contributed by atoms with Crippen LogP contribution in [-0.4, -0.2) is 59.1 Å². The van der Waals surface area contributed by atoms with Crippen molar-refractivity contribution >= 4 is 23.4 Å². The molecule has 2 aliphatic rings. The lowest BCUT2D eigenvalue weighted by molar-refractivity contribution is -0.137. The van der Waals surface area contributed by atoms with Crippen LogP contribution >= 0.6 is 0 Å². The molecule has 222 valence electrons. The largest absolute Gasteiger partial charge is 0.416 e. The maximum absolute atomic E-state index is 15.8. The first kappa shape index (κ1) is 29.8. The van der Waals surface area contributed by atoms with Crippen LogP contribution in [0.15, 0.2) is 79.1 Å². The van der Waals surface area contributed by atoms with Crippen LogP contribution in [0.4, 0.5) is 28.9 Å². The molecule has 1 aliphatic carbocycles. The normalized spacial score (nSPS) is 20.2. The average Bonchev–Trinajstić information content (AvgIpc) is 3.54. The van der Waals surface area contributed by atoms with Crippen LogP contribution in [-0.2, 0) is 17.5 Å². The topological polar surface area (TPSA) is 39.7 Å². The van der Waals surface area contributed by atoms with Gasteiger partial charge in [0.05, 0.1) is 11.6 Å². The molecule has 1 saturated heterocycles. The zero-order valence-corrected chi connectivity index (χ0v) is 23.7. The summed E-state index contributed by atoms with van der Waals surface area (Å²) in [5, 5.41) is 0. The van der Waals surface area contributed by atoms with Crippen LogP contribution in [0, 0.1) is 0 Å². The molecule has 0 radical (unpaired) electrons. The lowest BCUT2D eigenvalue weighted by Gasteiger charge is -2.42. The van der Waals surface area contributed by atoms with Crippen LogP contribution in [0.5, 0.6) is 0 Å². The number of alkyl halides is 4. The number of rotatable bonds is 8. The van der Waals surface area contributed by atoms with E-state index in [4.69, 9.17) is 0 Å². The molecular formula is C33H36F4N4O. The fraction of sp³-hybridized carbons (Fsp3) is 0.394. The molecule has 1 amide bonds. The predicted octanol–water partition coefficient (Wildman–Crippen LogP) is 7.27. The van der Waals surface area contributed by atoms with Gasteiger partial charge in [0, 0.05) is 62.6 Å². The van der Waals surface area contributed by atoms with Gasteiger partial charge in [0.2, 0.25) is 5.91 Å². The summed E-state index contributed by atoms with van der Waals surface area (Å²) in [6.07, 6.45) is 5.72. The molecular weight excluding hydrogens is 544 g/mol. The van der Waals surface area contributed by atoms with E-state index in [9.17, 15) is 18.0 Å². The van der Waals surface area contributed by atoms with Gasteiger partial charge >= 0.3 is 6.18 Å². The fourth-order valence-electron chi connectivity index (χ4n) is 6.01. The Balaban J connectivity index is 1.33. The number of aromatic nitrogens is 1. The van der Waals surface area contributed by atoms with Gasteiger partial charge < -0.3 is 9.80 Å². The predicted molar refractivity (Wildman–Crippen MR) is 157 cm³/mol. The Morgan fingerprint density at radius 3 is 2.21 bits per heavy atom. The zero-order valence-electron chi connectivity index (χ0n) is 23.7. The summed E-state index contributed by atoms with van der Waals surface area (Å²) in [7, 11) is 1.96. The van der Waals surface area contributed by atoms with E-state index >= 15 is 4.39 Å². The highest BCUT2D eigenvalue weighted by molar-refractivity contribution is 5.92. The van der Waals surface area contributed by atoms with Crippen molar-refractivity contribution in [2.45, 2.75) is 63.1 Å². The van der Waals surface area contributed by atoms with E-state index in [0.29, 0.717) is 24.6 Å². The molecule has 1 aromatic heterocycles.